The minimum Gasteiger partial charge on any atom is -0.397 e. The number of anilines is 2. The lowest BCUT2D eigenvalue weighted by Crippen LogP contribution is -2.18. The van der Waals surface area contributed by atoms with Gasteiger partial charge in [0.25, 0.3) is 5.91 Å². The molecule has 0 aliphatic rings. The van der Waals surface area contributed by atoms with Crippen molar-refractivity contribution in [3.8, 4) is 0 Å². The molecule has 0 aromatic carbocycles. The van der Waals surface area contributed by atoms with Crippen molar-refractivity contribution >= 4 is 17.4 Å². The molecule has 2 rings (SSSR count). The number of aromatic nitrogens is 3. The van der Waals surface area contributed by atoms with Gasteiger partial charge in [-0.1, -0.05) is 0 Å². The number of nitrogens with two attached hydrogens (primary N) is 1. The van der Waals surface area contributed by atoms with Crippen LogP contribution in [0.3, 0.4) is 0 Å². The predicted molar refractivity (Wildman–Crippen MR) is 69.2 cm³/mol. The second kappa shape index (κ2) is 4.87. The SMILES string of the molecule is CC(C)n1nccc1NC(=O)c1ccncc1N. The van der Waals surface area contributed by atoms with E-state index < -0.39 is 0 Å². The Labute approximate surface area is 105 Å². The summed E-state index contributed by atoms with van der Waals surface area (Å²) in [6.45, 7) is 3.98. The molecular formula is C12H15N5O. The summed E-state index contributed by atoms with van der Waals surface area (Å²) in [5.41, 5.74) is 6.46. The van der Waals surface area contributed by atoms with E-state index >= 15 is 0 Å². The standard InChI is InChI=1S/C12H15N5O/c1-8(2)17-11(4-6-15-17)16-12(18)9-3-5-14-7-10(9)13/h3-8H,13H2,1-2H3,(H,16,18). The Kier molecular flexibility index (Phi) is 3.27. The van der Waals surface area contributed by atoms with E-state index in [9.17, 15) is 4.79 Å². The van der Waals surface area contributed by atoms with Gasteiger partial charge in [-0.2, -0.15) is 5.10 Å². The van der Waals surface area contributed by atoms with Crippen LogP contribution in [0.15, 0.2) is 30.7 Å². The molecule has 6 heteroatoms. The fourth-order valence-corrected chi connectivity index (χ4v) is 1.62. The normalized spacial score (nSPS) is 10.6. The minimum atomic E-state index is -0.266. The largest absolute Gasteiger partial charge is 0.397 e. The van der Waals surface area contributed by atoms with Crippen LogP contribution in [0.1, 0.15) is 30.2 Å². The number of pyridine rings is 1. The highest BCUT2D eigenvalue weighted by Gasteiger charge is 2.13. The van der Waals surface area contributed by atoms with Gasteiger partial charge in [-0.05, 0) is 19.9 Å². The van der Waals surface area contributed by atoms with E-state index in [1.165, 1.54) is 12.4 Å². The number of rotatable bonds is 3. The van der Waals surface area contributed by atoms with Gasteiger partial charge in [-0.15, -0.1) is 0 Å². The number of amides is 1. The van der Waals surface area contributed by atoms with Crippen LogP contribution in [0, 0.1) is 0 Å². The van der Waals surface area contributed by atoms with E-state index in [2.05, 4.69) is 15.4 Å². The molecule has 94 valence electrons. The lowest BCUT2D eigenvalue weighted by atomic mass is 10.2. The van der Waals surface area contributed by atoms with Crippen LogP contribution in [0.5, 0.6) is 0 Å². The number of hydrogen-bond acceptors (Lipinski definition) is 4. The zero-order valence-corrected chi connectivity index (χ0v) is 10.3. The highest BCUT2D eigenvalue weighted by atomic mass is 16.1. The summed E-state index contributed by atoms with van der Waals surface area (Å²) in [6.07, 6.45) is 4.63. The van der Waals surface area contributed by atoms with Gasteiger partial charge in [0.2, 0.25) is 0 Å². The van der Waals surface area contributed by atoms with E-state index in [4.69, 9.17) is 5.73 Å². The van der Waals surface area contributed by atoms with Gasteiger partial charge in [-0.25, -0.2) is 4.68 Å². The molecule has 0 atom stereocenters. The average molecular weight is 245 g/mol. The van der Waals surface area contributed by atoms with Gasteiger partial charge in [0.05, 0.1) is 23.6 Å². The first-order chi connectivity index (χ1) is 8.59. The molecule has 1 amide bonds. The number of hydrogen-bond donors (Lipinski definition) is 2. The molecule has 0 saturated carbocycles. The molecule has 0 spiro atoms. The minimum absolute atomic E-state index is 0.171. The zero-order valence-electron chi connectivity index (χ0n) is 10.3. The van der Waals surface area contributed by atoms with Crippen molar-refractivity contribution in [2.75, 3.05) is 11.1 Å². The van der Waals surface area contributed by atoms with Crippen LogP contribution in [-0.4, -0.2) is 20.7 Å². The second-order valence-corrected chi connectivity index (χ2v) is 4.17. The number of nitrogens with one attached hydrogen (secondary N) is 1. The Hall–Kier alpha value is -2.37. The van der Waals surface area contributed by atoms with E-state index in [1.54, 1.807) is 23.0 Å². The molecule has 18 heavy (non-hydrogen) atoms. The summed E-state index contributed by atoms with van der Waals surface area (Å²) in [7, 11) is 0. The van der Waals surface area contributed by atoms with E-state index in [1.807, 2.05) is 13.8 Å². The fourth-order valence-electron chi connectivity index (χ4n) is 1.62. The monoisotopic (exact) mass is 245 g/mol. The summed E-state index contributed by atoms with van der Waals surface area (Å²) >= 11 is 0. The fraction of sp³-hybridized carbons (Fsp3) is 0.250. The van der Waals surface area contributed by atoms with Gasteiger partial charge >= 0.3 is 0 Å². The van der Waals surface area contributed by atoms with Crippen LogP contribution in [0.4, 0.5) is 11.5 Å². The molecular weight excluding hydrogens is 230 g/mol. The molecule has 6 nitrogen and oxygen atoms in total. The molecule has 3 N–H and O–H groups in total. The maximum absolute atomic E-state index is 12.0. The Morgan fingerprint density at radius 3 is 2.83 bits per heavy atom. The third kappa shape index (κ3) is 2.32. The van der Waals surface area contributed by atoms with Crippen molar-refractivity contribution in [1.29, 1.82) is 0 Å². The quantitative estimate of drug-likeness (QED) is 0.861. The highest BCUT2D eigenvalue weighted by molar-refractivity contribution is 6.07. The topological polar surface area (TPSA) is 85.8 Å². The first kappa shape index (κ1) is 12.1. The van der Waals surface area contributed by atoms with Crippen molar-refractivity contribution in [3.05, 3.63) is 36.3 Å². The van der Waals surface area contributed by atoms with E-state index in [0.717, 1.165) is 0 Å². The molecule has 0 bridgehead atoms. The molecule has 0 saturated heterocycles. The van der Waals surface area contributed by atoms with Crippen molar-refractivity contribution < 1.29 is 4.79 Å². The van der Waals surface area contributed by atoms with E-state index in [0.29, 0.717) is 17.1 Å². The molecule has 0 aliphatic carbocycles. The lowest BCUT2D eigenvalue weighted by molar-refractivity contribution is 0.102. The third-order valence-corrected chi connectivity index (χ3v) is 2.50. The summed E-state index contributed by atoms with van der Waals surface area (Å²) in [5, 5.41) is 6.93. The van der Waals surface area contributed by atoms with Crippen molar-refractivity contribution in [2.24, 2.45) is 0 Å². The summed E-state index contributed by atoms with van der Waals surface area (Å²) in [6, 6.07) is 3.50. The summed E-state index contributed by atoms with van der Waals surface area (Å²) < 4.78 is 1.73. The second-order valence-electron chi connectivity index (χ2n) is 4.17. The lowest BCUT2D eigenvalue weighted by Gasteiger charge is -2.12. The number of nitrogen functional groups attached to an aromatic ring is 1. The van der Waals surface area contributed by atoms with Crippen LogP contribution < -0.4 is 11.1 Å². The zero-order chi connectivity index (χ0) is 13.1. The van der Waals surface area contributed by atoms with Crippen LogP contribution >= 0.6 is 0 Å². The molecule has 0 radical (unpaired) electrons. The number of carbonyl (C=O) groups is 1. The maximum atomic E-state index is 12.0. The Balaban J connectivity index is 2.22. The predicted octanol–water partition coefficient (Wildman–Crippen LogP) is 1.69. The number of carbonyl (C=O) groups excluding carboxylic acids is 1. The van der Waals surface area contributed by atoms with Gasteiger partial charge in [0.15, 0.2) is 0 Å². The molecule has 2 aromatic heterocycles. The van der Waals surface area contributed by atoms with Crippen LogP contribution in [0.2, 0.25) is 0 Å². The third-order valence-electron chi connectivity index (χ3n) is 2.50. The molecule has 2 heterocycles. The van der Waals surface area contributed by atoms with Crippen LogP contribution in [-0.2, 0) is 0 Å². The molecule has 0 aliphatic heterocycles. The van der Waals surface area contributed by atoms with Crippen molar-refractivity contribution in [3.63, 3.8) is 0 Å². The molecule has 0 unspecified atom stereocenters. The Bertz CT molecular complexity index is 561. The first-order valence-corrected chi connectivity index (χ1v) is 5.64. The summed E-state index contributed by atoms with van der Waals surface area (Å²) in [4.78, 5) is 15.9. The first-order valence-electron chi connectivity index (χ1n) is 5.64. The van der Waals surface area contributed by atoms with Gasteiger partial charge in [-0.3, -0.25) is 9.78 Å². The number of nitrogens with zero attached hydrogens (tertiary/aromatic N) is 3. The van der Waals surface area contributed by atoms with Crippen molar-refractivity contribution in [1.82, 2.24) is 14.8 Å². The summed E-state index contributed by atoms with van der Waals surface area (Å²) in [5.74, 6) is 0.378. The van der Waals surface area contributed by atoms with E-state index in [-0.39, 0.29) is 11.9 Å². The smallest absolute Gasteiger partial charge is 0.259 e. The Morgan fingerprint density at radius 1 is 1.39 bits per heavy atom. The molecule has 2 aromatic rings. The van der Waals surface area contributed by atoms with Crippen LogP contribution in [0.25, 0.3) is 0 Å². The van der Waals surface area contributed by atoms with Gasteiger partial charge in [0.1, 0.15) is 5.82 Å². The van der Waals surface area contributed by atoms with Gasteiger partial charge < -0.3 is 11.1 Å². The average Bonchev–Trinajstić information content (AvgIpc) is 2.77. The van der Waals surface area contributed by atoms with Gasteiger partial charge in [0, 0.05) is 18.3 Å². The van der Waals surface area contributed by atoms with Crippen molar-refractivity contribution in [2.45, 2.75) is 19.9 Å². The molecule has 0 fully saturated rings. The Morgan fingerprint density at radius 2 is 2.17 bits per heavy atom. The maximum Gasteiger partial charge on any atom is 0.259 e. The highest BCUT2D eigenvalue weighted by Crippen LogP contribution is 2.16.